The molecule has 2 aromatic rings. The third-order valence-electron chi connectivity index (χ3n) is 4.82. The van der Waals surface area contributed by atoms with Gasteiger partial charge in [0.2, 0.25) is 0 Å². The number of halogens is 2. The van der Waals surface area contributed by atoms with Crippen molar-refractivity contribution in [1.29, 1.82) is 0 Å². The average molecular weight is 517 g/mol. The van der Waals surface area contributed by atoms with Crippen molar-refractivity contribution in [2.75, 3.05) is 31.6 Å². The van der Waals surface area contributed by atoms with E-state index in [1.54, 1.807) is 0 Å². The molecule has 0 unspecified atom stereocenters. The lowest BCUT2D eigenvalue weighted by Gasteiger charge is -2.22. The van der Waals surface area contributed by atoms with E-state index in [2.05, 4.69) is 33.1 Å². The van der Waals surface area contributed by atoms with Gasteiger partial charge < -0.3 is 19.7 Å². The van der Waals surface area contributed by atoms with E-state index in [0.717, 1.165) is 48.7 Å². The van der Waals surface area contributed by atoms with Crippen molar-refractivity contribution in [3.8, 4) is 0 Å². The minimum Gasteiger partial charge on any atom is -0.357 e. The van der Waals surface area contributed by atoms with E-state index in [1.807, 2.05) is 43.2 Å². The zero-order valence-electron chi connectivity index (χ0n) is 16.9. The Bertz CT molecular complexity index is 785. The number of rotatable bonds is 6. The van der Waals surface area contributed by atoms with Crippen LogP contribution in [0.4, 0.5) is 5.82 Å². The lowest BCUT2D eigenvalue weighted by Crippen LogP contribution is -2.38. The van der Waals surface area contributed by atoms with Crippen LogP contribution in [0.25, 0.3) is 0 Å². The van der Waals surface area contributed by atoms with Gasteiger partial charge in [-0.3, -0.25) is 0 Å². The number of hydrogen-bond acceptors (Lipinski definition) is 3. The molecule has 0 saturated carbocycles. The Morgan fingerprint density at radius 1 is 1.32 bits per heavy atom. The quantitative estimate of drug-likeness (QED) is 0.360. The second kappa shape index (κ2) is 10.9. The summed E-state index contributed by atoms with van der Waals surface area (Å²) in [6.07, 6.45) is 6.32. The van der Waals surface area contributed by atoms with E-state index in [9.17, 15) is 0 Å². The van der Waals surface area contributed by atoms with Gasteiger partial charge >= 0.3 is 0 Å². The van der Waals surface area contributed by atoms with Crippen molar-refractivity contribution < 1.29 is 0 Å². The molecule has 2 aromatic heterocycles. The number of aromatic nitrogens is 2. The zero-order valence-corrected chi connectivity index (χ0v) is 19.9. The Morgan fingerprint density at radius 2 is 2.07 bits per heavy atom. The Morgan fingerprint density at radius 3 is 2.71 bits per heavy atom. The molecule has 1 N–H and O–H groups in total. The van der Waals surface area contributed by atoms with E-state index in [4.69, 9.17) is 16.6 Å². The Hall–Kier alpha value is -1.48. The first-order valence-corrected chi connectivity index (χ1v) is 9.94. The minimum absolute atomic E-state index is 0. The second-order valence-electron chi connectivity index (χ2n) is 7.00. The van der Waals surface area contributed by atoms with Crippen LogP contribution >= 0.6 is 35.6 Å². The van der Waals surface area contributed by atoms with Crippen molar-refractivity contribution in [3.63, 3.8) is 0 Å². The fourth-order valence-corrected chi connectivity index (χ4v) is 3.63. The Labute approximate surface area is 190 Å². The molecule has 3 rings (SSSR count). The van der Waals surface area contributed by atoms with Gasteiger partial charge in [0.15, 0.2) is 5.96 Å². The monoisotopic (exact) mass is 516 g/mol. The summed E-state index contributed by atoms with van der Waals surface area (Å²) >= 11 is 6.10. The van der Waals surface area contributed by atoms with Gasteiger partial charge in [0, 0.05) is 51.8 Å². The standard InChI is InChI=1S/C20H29ClN6.HI/c1-4-22-20(26(3)15-18-12-17(21)14-25(18)2)24-13-16-7-8-23-19(11-16)27-9-5-6-10-27;/h7-8,11-12,14H,4-6,9-10,13,15H2,1-3H3,(H,22,24);1H. The van der Waals surface area contributed by atoms with Crippen LogP contribution in [-0.2, 0) is 20.1 Å². The molecule has 8 heteroatoms. The molecule has 0 amide bonds. The summed E-state index contributed by atoms with van der Waals surface area (Å²) in [7, 11) is 4.06. The highest BCUT2D eigenvalue weighted by Crippen LogP contribution is 2.19. The third kappa shape index (κ3) is 6.01. The van der Waals surface area contributed by atoms with Gasteiger partial charge in [-0.1, -0.05) is 11.6 Å². The lowest BCUT2D eigenvalue weighted by atomic mass is 10.2. The van der Waals surface area contributed by atoms with Gasteiger partial charge in [-0.25, -0.2) is 9.98 Å². The summed E-state index contributed by atoms with van der Waals surface area (Å²) in [5.41, 5.74) is 2.32. The van der Waals surface area contributed by atoms with Crippen LogP contribution in [0, 0.1) is 0 Å². The van der Waals surface area contributed by atoms with E-state index >= 15 is 0 Å². The number of aryl methyl sites for hydroxylation is 1. The van der Waals surface area contributed by atoms with Gasteiger partial charge in [0.1, 0.15) is 5.82 Å². The molecule has 0 bridgehead atoms. The van der Waals surface area contributed by atoms with Crippen LogP contribution in [-0.4, -0.2) is 47.1 Å². The van der Waals surface area contributed by atoms with Crippen LogP contribution < -0.4 is 10.2 Å². The summed E-state index contributed by atoms with van der Waals surface area (Å²) in [6, 6.07) is 6.20. The Kier molecular flexibility index (Phi) is 8.88. The first kappa shape index (κ1) is 22.8. The van der Waals surface area contributed by atoms with Gasteiger partial charge in [0.25, 0.3) is 0 Å². The zero-order chi connectivity index (χ0) is 19.2. The Balaban J connectivity index is 0.00000280. The highest BCUT2D eigenvalue weighted by atomic mass is 127. The second-order valence-corrected chi connectivity index (χ2v) is 7.44. The molecule has 0 aliphatic carbocycles. The number of guanidine groups is 1. The third-order valence-corrected chi connectivity index (χ3v) is 5.03. The van der Waals surface area contributed by atoms with Gasteiger partial charge in [0.05, 0.1) is 18.1 Å². The normalized spacial score (nSPS) is 14.1. The highest BCUT2D eigenvalue weighted by Gasteiger charge is 2.14. The molecule has 6 nitrogen and oxygen atoms in total. The van der Waals surface area contributed by atoms with E-state index in [-0.39, 0.29) is 24.0 Å². The molecule has 3 heterocycles. The van der Waals surface area contributed by atoms with Crippen molar-refractivity contribution in [2.45, 2.75) is 32.9 Å². The smallest absolute Gasteiger partial charge is 0.194 e. The fourth-order valence-electron chi connectivity index (χ4n) is 3.36. The van der Waals surface area contributed by atoms with Crippen molar-refractivity contribution in [2.24, 2.45) is 12.0 Å². The van der Waals surface area contributed by atoms with Crippen molar-refractivity contribution in [1.82, 2.24) is 19.8 Å². The average Bonchev–Trinajstić information content (AvgIpc) is 3.29. The van der Waals surface area contributed by atoms with Crippen LogP contribution in [0.5, 0.6) is 0 Å². The molecule has 28 heavy (non-hydrogen) atoms. The minimum atomic E-state index is 0. The summed E-state index contributed by atoms with van der Waals surface area (Å²) < 4.78 is 2.05. The number of nitrogens with one attached hydrogen (secondary N) is 1. The topological polar surface area (TPSA) is 48.7 Å². The number of nitrogens with zero attached hydrogens (tertiary/aromatic N) is 5. The summed E-state index contributed by atoms with van der Waals surface area (Å²) in [5, 5.41) is 4.13. The van der Waals surface area contributed by atoms with Gasteiger partial charge in [-0.15, -0.1) is 24.0 Å². The largest absolute Gasteiger partial charge is 0.357 e. The van der Waals surface area contributed by atoms with Crippen LogP contribution in [0.2, 0.25) is 5.02 Å². The molecule has 1 saturated heterocycles. The number of aliphatic imine (C=N–C) groups is 1. The molecular weight excluding hydrogens is 487 g/mol. The summed E-state index contributed by atoms with van der Waals surface area (Å²) in [6.45, 7) is 6.48. The molecule has 1 fully saturated rings. The number of hydrogen-bond donors (Lipinski definition) is 1. The highest BCUT2D eigenvalue weighted by molar-refractivity contribution is 14.0. The SMILES string of the molecule is CCNC(=NCc1ccnc(N2CCCC2)c1)N(C)Cc1cc(Cl)cn1C.I. The molecule has 0 spiro atoms. The number of pyridine rings is 1. The first-order chi connectivity index (χ1) is 13.1. The van der Waals surface area contributed by atoms with E-state index in [0.29, 0.717) is 6.54 Å². The van der Waals surface area contributed by atoms with Crippen LogP contribution in [0.15, 0.2) is 35.6 Å². The molecular formula is C20H30ClIN6. The van der Waals surface area contributed by atoms with Crippen LogP contribution in [0.1, 0.15) is 31.0 Å². The maximum absolute atomic E-state index is 6.10. The van der Waals surface area contributed by atoms with Gasteiger partial charge in [-0.2, -0.15) is 0 Å². The van der Waals surface area contributed by atoms with Crippen LogP contribution in [0.3, 0.4) is 0 Å². The molecule has 154 valence electrons. The summed E-state index contributed by atoms with van der Waals surface area (Å²) in [4.78, 5) is 13.8. The van der Waals surface area contributed by atoms with E-state index in [1.165, 1.54) is 18.4 Å². The maximum Gasteiger partial charge on any atom is 0.194 e. The van der Waals surface area contributed by atoms with Crippen molar-refractivity contribution in [3.05, 3.63) is 46.9 Å². The summed E-state index contributed by atoms with van der Waals surface area (Å²) in [5.74, 6) is 1.95. The molecule has 0 radical (unpaired) electrons. The first-order valence-electron chi connectivity index (χ1n) is 9.57. The predicted octanol–water partition coefficient (Wildman–Crippen LogP) is 3.89. The molecule has 1 aliphatic heterocycles. The molecule has 1 aliphatic rings. The van der Waals surface area contributed by atoms with Crippen molar-refractivity contribution >= 4 is 47.4 Å². The lowest BCUT2D eigenvalue weighted by molar-refractivity contribution is 0.462. The number of anilines is 1. The van der Waals surface area contributed by atoms with Gasteiger partial charge in [-0.05, 0) is 43.5 Å². The predicted molar refractivity (Wildman–Crippen MR) is 128 cm³/mol. The molecule has 0 atom stereocenters. The van der Waals surface area contributed by atoms with E-state index < -0.39 is 0 Å². The maximum atomic E-state index is 6.10. The molecule has 0 aromatic carbocycles. The fraction of sp³-hybridized carbons (Fsp3) is 0.500.